The lowest BCUT2D eigenvalue weighted by molar-refractivity contribution is -0.154. The SMILES string of the molecule is CCN(CC)c1ccc(N2CC=C[C@]34O[C@@H]5/C=C\CCCOC(=O)[C@@H]5[C@H]3C(=O)N(CCCO)C4C2=O)cc1. The lowest BCUT2D eigenvalue weighted by atomic mass is 9.78. The number of nitrogens with zero attached hydrogens (tertiary/aromatic N) is 3. The summed E-state index contributed by atoms with van der Waals surface area (Å²) >= 11 is 0. The van der Waals surface area contributed by atoms with Crippen LogP contribution in [0.15, 0.2) is 48.6 Å². The van der Waals surface area contributed by atoms with E-state index < -0.39 is 35.6 Å². The van der Waals surface area contributed by atoms with Crippen LogP contribution in [0.5, 0.6) is 0 Å². The average Bonchev–Trinajstić information content (AvgIpc) is 3.33. The van der Waals surface area contributed by atoms with E-state index in [0.29, 0.717) is 19.4 Å². The molecule has 1 aromatic carbocycles. The number of ether oxygens (including phenoxy) is 2. The molecule has 9 nitrogen and oxygen atoms in total. The van der Waals surface area contributed by atoms with Gasteiger partial charge in [0.15, 0.2) is 0 Å². The van der Waals surface area contributed by atoms with E-state index in [-0.39, 0.29) is 31.6 Å². The summed E-state index contributed by atoms with van der Waals surface area (Å²) < 4.78 is 12.1. The molecule has 0 radical (unpaired) electrons. The van der Waals surface area contributed by atoms with Gasteiger partial charge in [-0.25, -0.2) is 0 Å². The van der Waals surface area contributed by atoms with Crippen molar-refractivity contribution in [2.45, 2.75) is 50.9 Å². The van der Waals surface area contributed by atoms with Crippen molar-refractivity contribution in [3.63, 3.8) is 0 Å². The van der Waals surface area contributed by atoms with E-state index in [1.807, 2.05) is 48.6 Å². The van der Waals surface area contributed by atoms with Gasteiger partial charge in [-0.3, -0.25) is 14.4 Å². The molecule has 38 heavy (non-hydrogen) atoms. The van der Waals surface area contributed by atoms with Crippen LogP contribution in [-0.2, 0) is 23.9 Å². The summed E-state index contributed by atoms with van der Waals surface area (Å²) in [5.41, 5.74) is 0.507. The minimum absolute atomic E-state index is 0.119. The van der Waals surface area contributed by atoms with Gasteiger partial charge in [-0.05, 0) is 57.4 Å². The Morgan fingerprint density at radius 3 is 2.55 bits per heavy atom. The molecule has 4 aliphatic heterocycles. The first-order valence-corrected chi connectivity index (χ1v) is 13.7. The quantitative estimate of drug-likeness (QED) is 0.432. The van der Waals surface area contributed by atoms with Crippen molar-refractivity contribution >= 4 is 29.2 Å². The summed E-state index contributed by atoms with van der Waals surface area (Å²) in [6.07, 6.45) is 8.61. The highest BCUT2D eigenvalue weighted by atomic mass is 16.6. The highest BCUT2D eigenvalue weighted by Gasteiger charge is 2.71. The molecule has 5 atom stereocenters. The average molecular weight is 524 g/mol. The number of cyclic esters (lactones) is 1. The molecule has 0 aromatic heterocycles. The van der Waals surface area contributed by atoms with E-state index in [9.17, 15) is 19.5 Å². The molecule has 2 amide bonds. The van der Waals surface area contributed by atoms with Gasteiger partial charge in [0.05, 0.1) is 18.6 Å². The summed E-state index contributed by atoms with van der Waals surface area (Å²) in [6.45, 7) is 6.64. The summed E-state index contributed by atoms with van der Waals surface area (Å²) in [5.74, 6) is -2.75. The standard InChI is InChI=1S/C29H37N3O6/c1-3-30(4-2)20-11-13-21(14-12-20)31-16-8-15-29-24(26(34)32(17-9-18-33)25(29)27(31)35)23-22(38-29)10-6-5-7-19-37-28(23)36/h6,8,10-15,22-25,33H,3-5,7,9,16-19H2,1-2H3/b10-6-/t22-,23+,24+,25?,29+/m1/s1. The number of allylic oxidation sites excluding steroid dienone is 1. The molecule has 1 N–H and O–H groups in total. The van der Waals surface area contributed by atoms with E-state index in [2.05, 4.69) is 18.7 Å². The maximum absolute atomic E-state index is 14.3. The van der Waals surface area contributed by atoms with Crippen molar-refractivity contribution < 1.29 is 29.0 Å². The van der Waals surface area contributed by atoms with Gasteiger partial charge in [-0.1, -0.05) is 24.3 Å². The second kappa shape index (κ2) is 10.9. The fraction of sp³-hybridized carbons (Fsp3) is 0.552. The number of carbonyl (C=O) groups excluding carboxylic acids is 3. The van der Waals surface area contributed by atoms with Gasteiger partial charge in [0.1, 0.15) is 17.6 Å². The van der Waals surface area contributed by atoms with Crippen LogP contribution in [-0.4, -0.2) is 84.9 Å². The number of esters is 1. The van der Waals surface area contributed by atoms with E-state index >= 15 is 0 Å². The minimum Gasteiger partial charge on any atom is -0.465 e. The molecule has 1 aromatic rings. The van der Waals surface area contributed by atoms with Gasteiger partial charge in [-0.2, -0.15) is 0 Å². The monoisotopic (exact) mass is 523 g/mol. The first-order valence-electron chi connectivity index (χ1n) is 13.7. The molecule has 5 rings (SSSR count). The summed E-state index contributed by atoms with van der Waals surface area (Å²) in [5, 5.41) is 9.54. The number of anilines is 2. The van der Waals surface area contributed by atoms with E-state index in [1.165, 1.54) is 4.90 Å². The van der Waals surface area contributed by atoms with Crippen molar-refractivity contribution in [3.8, 4) is 0 Å². The van der Waals surface area contributed by atoms with Gasteiger partial charge in [-0.15, -0.1) is 0 Å². The predicted molar refractivity (Wildman–Crippen MR) is 143 cm³/mol. The molecule has 0 saturated carbocycles. The number of aliphatic hydroxyl groups is 1. The number of rotatable bonds is 7. The number of amides is 2. The summed E-state index contributed by atoms with van der Waals surface area (Å²) in [7, 11) is 0. The fourth-order valence-corrected chi connectivity index (χ4v) is 6.40. The molecule has 4 aliphatic rings. The Bertz CT molecular complexity index is 1110. The molecule has 2 saturated heterocycles. The Kier molecular flexibility index (Phi) is 7.59. The minimum atomic E-state index is -1.29. The Balaban J connectivity index is 1.54. The number of likely N-dealkylation sites (tertiary alicyclic amines) is 1. The Hall–Kier alpha value is -3.17. The molecule has 9 heteroatoms. The van der Waals surface area contributed by atoms with Crippen molar-refractivity contribution in [2.24, 2.45) is 11.8 Å². The number of hydrogen-bond donors (Lipinski definition) is 1. The van der Waals surface area contributed by atoms with E-state index in [4.69, 9.17) is 9.47 Å². The molecule has 0 bridgehead atoms. The van der Waals surface area contributed by atoms with Gasteiger partial charge >= 0.3 is 5.97 Å². The molecule has 0 aliphatic carbocycles. The molecular formula is C29H37N3O6. The first-order chi connectivity index (χ1) is 18.5. The van der Waals surface area contributed by atoms with Crippen molar-refractivity contribution in [3.05, 3.63) is 48.6 Å². The molecule has 1 spiro atoms. The van der Waals surface area contributed by atoms with Crippen LogP contribution in [0.1, 0.15) is 33.1 Å². The normalized spacial score (nSPS) is 31.5. The van der Waals surface area contributed by atoms with Crippen molar-refractivity contribution in [1.29, 1.82) is 0 Å². The zero-order valence-corrected chi connectivity index (χ0v) is 22.1. The van der Waals surface area contributed by atoms with Crippen LogP contribution < -0.4 is 9.80 Å². The maximum atomic E-state index is 14.3. The third kappa shape index (κ3) is 4.31. The number of fused-ring (bicyclic) bond motifs is 2. The largest absolute Gasteiger partial charge is 0.465 e. The van der Waals surface area contributed by atoms with Crippen molar-refractivity contribution in [2.75, 3.05) is 49.2 Å². The third-order valence-electron chi connectivity index (χ3n) is 8.20. The second-order valence-corrected chi connectivity index (χ2v) is 10.2. The first kappa shape index (κ1) is 26.4. The van der Waals surface area contributed by atoms with Crippen LogP contribution in [0.4, 0.5) is 11.4 Å². The van der Waals surface area contributed by atoms with Crippen LogP contribution in [0.2, 0.25) is 0 Å². The summed E-state index contributed by atoms with van der Waals surface area (Å²) in [6, 6.07) is 6.91. The van der Waals surface area contributed by atoms with Crippen LogP contribution in [0, 0.1) is 11.8 Å². The molecule has 204 valence electrons. The van der Waals surface area contributed by atoms with Crippen LogP contribution >= 0.6 is 0 Å². The molecule has 2 fully saturated rings. The van der Waals surface area contributed by atoms with E-state index in [1.54, 1.807) is 4.90 Å². The van der Waals surface area contributed by atoms with Crippen LogP contribution in [0.3, 0.4) is 0 Å². The highest BCUT2D eigenvalue weighted by molar-refractivity contribution is 6.05. The maximum Gasteiger partial charge on any atom is 0.312 e. The Morgan fingerprint density at radius 1 is 1.08 bits per heavy atom. The van der Waals surface area contributed by atoms with Gasteiger partial charge in [0.2, 0.25) is 5.91 Å². The number of benzene rings is 1. The van der Waals surface area contributed by atoms with Crippen LogP contribution in [0.25, 0.3) is 0 Å². The smallest absolute Gasteiger partial charge is 0.312 e. The third-order valence-corrected chi connectivity index (χ3v) is 8.20. The molecule has 1 unspecified atom stereocenters. The van der Waals surface area contributed by atoms with Gasteiger partial charge < -0.3 is 29.3 Å². The zero-order chi connectivity index (χ0) is 26.9. The van der Waals surface area contributed by atoms with E-state index in [0.717, 1.165) is 30.9 Å². The Labute approximate surface area is 223 Å². The molecule has 4 heterocycles. The van der Waals surface area contributed by atoms with Crippen molar-refractivity contribution in [1.82, 2.24) is 4.90 Å². The molecular weight excluding hydrogens is 486 g/mol. The zero-order valence-electron chi connectivity index (χ0n) is 22.1. The number of hydrogen-bond acceptors (Lipinski definition) is 7. The van der Waals surface area contributed by atoms with Gasteiger partial charge in [0.25, 0.3) is 5.91 Å². The van der Waals surface area contributed by atoms with Gasteiger partial charge in [0, 0.05) is 44.2 Å². The lowest BCUT2D eigenvalue weighted by Gasteiger charge is -2.35. The fourth-order valence-electron chi connectivity index (χ4n) is 6.40. The summed E-state index contributed by atoms with van der Waals surface area (Å²) in [4.78, 5) is 46.9. The number of carbonyl (C=O) groups is 3. The lowest BCUT2D eigenvalue weighted by Crippen LogP contribution is -2.55. The highest BCUT2D eigenvalue weighted by Crippen LogP contribution is 2.53. The number of aliphatic hydroxyl groups excluding tert-OH is 1. The predicted octanol–water partition coefficient (Wildman–Crippen LogP) is 2.29. The topological polar surface area (TPSA) is 99.6 Å². The second-order valence-electron chi connectivity index (χ2n) is 10.2. The Morgan fingerprint density at radius 2 is 1.84 bits per heavy atom.